The lowest BCUT2D eigenvalue weighted by Crippen LogP contribution is -2.26. The molecule has 0 unspecified atom stereocenters. The second-order valence-corrected chi connectivity index (χ2v) is 5.32. The molecular weight excluding hydrogens is 270 g/mol. The van der Waals surface area contributed by atoms with E-state index in [0.717, 1.165) is 0 Å². The number of nitrogens with two attached hydrogens (primary N) is 1. The van der Waals surface area contributed by atoms with Crippen molar-refractivity contribution in [2.75, 3.05) is 11.9 Å². The van der Waals surface area contributed by atoms with Gasteiger partial charge in [0.05, 0.1) is 11.1 Å². The number of hydrogen-bond acceptors (Lipinski definition) is 5. The summed E-state index contributed by atoms with van der Waals surface area (Å²) in [7, 11) is -2.19. The van der Waals surface area contributed by atoms with Crippen molar-refractivity contribution >= 4 is 21.6 Å². The lowest BCUT2D eigenvalue weighted by atomic mass is 10.3. The predicted molar refractivity (Wildman–Crippen MR) is 66.9 cm³/mol. The van der Waals surface area contributed by atoms with Gasteiger partial charge in [0.2, 0.25) is 10.0 Å². The van der Waals surface area contributed by atoms with E-state index in [9.17, 15) is 13.2 Å². The Kier molecular flexibility index (Phi) is 3.32. The molecule has 2 aromatic rings. The Bertz CT molecular complexity index is 678. The van der Waals surface area contributed by atoms with Crippen molar-refractivity contribution in [2.45, 2.75) is 4.90 Å². The molecule has 2 rings (SSSR count). The fourth-order valence-electron chi connectivity index (χ4n) is 1.45. The van der Waals surface area contributed by atoms with E-state index in [0.29, 0.717) is 5.69 Å². The second kappa shape index (κ2) is 4.78. The number of nitrogens with zero attached hydrogens (tertiary/aromatic N) is 3. The van der Waals surface area contributed by atoms with E-state index >= 15 is 0 Å². The summed E-state index contributed by atoms with van der Waals surface area (Å²) in [4.78, 5) is 13.3. The SMILES string of the molecule is CN(C(=O)c1cn[nH]n1)c1ccc(S(N)(=O)=O)cc1. The van der Waals surface area contributed by atoms with Crippen LogP contribution in [0, 0.1) is 0 Å². The highest BCUT2D eigenvalue weighted by Crippen LogP contribution is 2.17. The summed E-state index contributed by atoms with van der Waals surface area (Å²) >= 11 is 0. The number of carbonyl (C=O) groups excluding carboxylic acids is 1. The summed E-state index contributed by atoms with van der Waals surface area (Å²) in [6, 6.07) is 5.63. The van der Waals surface area contributed by atoms with Crippen molar-refractivity contribution in [2.24, 2.45) is 5.14 Å². The van der Waals surface area contributed by atoms with Gasteiger partial charge in [-0.1, -0.05) is 0 Å². The van der Waals surface area contributed by atoms with Gasteiger partial charge in [0.25, 0.3) is 5.91 Å². The van der Waals surface area contributed by atoms with Gasteiger partial charge < -0.3 is 4.90 Å². The molecular formula is C10H11N5O3S. The molecule has 19 heavy (non-hydrogen) atoms. The normalized spacial score (nSPS) is 11.3. The van der Waals surface area contributed by atoms with Gasteiger partial charge in [-0.15, -0.1) is 0 Å². The number of amides is 1. The summed E-state index contributed by atoms with van der Waals surface area (Å²) < 4.78 is 22.2. The van der Waals surface area contributed by atoms with Crippen LogP contribution in [0.5, 0.6) is 0 Å². The molecule has 1 amide bonds. The maximum Gasteiger partial charge on any atom is 0.280 e. The standard InChI is InChI=1S/C10H11N5O3S/c1-15(10(16)9-6-12-14-13-9)7-2-4-8(5-3-7)19(11,17)18/h2-6H,1H3,(H2,11,17,18)(H,12,13,14). The van der Waals surface area contributed by atoms with Gasteiger partial charge in [-0.25, -0.2) is 13.6 Å². The number of primary sulfonamides is 1. The number of H-pyrrole nitrogens is 1. The molecule has 1 aromatic carbocycles. The van der Waals surface area contributed by atoms with Crippen molar-refractivity contribution in [3.63, 3.8) is 0 Å². The van der Waals surface area contributed by atoms with Crippen LogP contribution >= 0.6 is 0 Å². The molecule has 0 aliphatic rings. The quantitative estimate of drug-likeness (QED) is 0.801. The van der Waals surface area contributed by atoms with Crippen molar-refractivity contribution in [1.29, 1.82) is 0 Å². The highest BCUT2D eigenvalue weighted by molar-refractivity contribution is 7.89. The third-order valence-electron chi connectivity index (χ3n) is 2.49. The number of benzene rings is 1. The third kappa shape index (κ3) is 2.77. The van der Waals surface area contributed by atoms with Crippen molar-refractivity contribution < 1.29 is 13.2 Å². The van der Waals surface area contributed by atoms with Gasteiger partial charge >= 0.3 is 0 Å². The number of aromatic nitrogens is 3. The van der Waals surface area contributed by atoms with Gasteiger partial charge in [0.15, 0.2) is 5.69 Å². The fourth-order valence-corrected chi connectivity index (χ4v) is 1.97. The first-order valence-electron chi connectivity index (χ1n) is 5.16. The van der Waals surface area contributed by atoms with Crippen LogP contribution in [0.3, 0.4) is 0 Å². The Balaban J connectivity index is 2.25. The summed E-state index contributed by atoms with van der Waals surface area (Å²) in [5.74, 6) is -0.364. The number of nitrogens with one attached hydrogen (secondary N) is 1. The molecule has 0 aliphatic heterocycles. The zero-order chi connectivity index (χ0) is 14.0. The van der Waals surface area contributed by atoms with Crippen LogP contribution in [0.1, 0.15) is 10.5 Å². The Morgan fingerprint density at radius 3 is 2.42 bits per heavy atom. The van der Waals surface area contributed by atoms with E-state index in [1.54, 1.807) is 7.05 Å². The molecule has 100 valence electrons. The van der Waals surface area contributed by atoms with Crippen LogP contribution in [0.15, 0.2) is 35.4 Å². The number of hydrogen-bond donors (Lipinski definition) is 2. The van der Waals surface area contributed by atoms with Crippen LogP contribution in [0.4, 0.5) is 5.69 Å². The van der Waals surface area contributed by atoms with Crippen LogP contribution in [0.25, 0.3) is 0 Å². The van der Waals surface area contributed by atoms with E-state index in [4.69, 9.17) is 5.14 Å². The topological polar surface area (TPSA) is 122 Å². The molecule has 0 atom stereocenters. The number of aromatic amines is 1. The zero-order valence-electron chi connectivity index (χ0n) is 9.94. The largest absolute Gasteiger partial charge is 0.310 e. The monoisotopic (exact) mass is 281 g/mol. The van der Waals surface area contributed by atoms with Crippen LogP contribution in [-0.2, 0) is 10.0 Å². The summed E-state index contributed by atoms with van der Waals surface area (Å²) in [6.45, 7) is 0. The number of rotatable bonds is 3. The molecule has 0 radical (unpaired) electrons. The Labute approximate surface area is 109 Å². The van der Waals surface area contributed by atoms with Gasteiger partial charge in [0, 0.05) is 12.7 Å². The van der Waals surface area contributed by atoms with Gasteiger partial charge in [-0.2, -0.15) is 15.4 Å². The van der Waals surface area contributed by atoms with Gasteiger partial charge in [0.1, 0.15) is 0 Å². The Morgan fingerprint density at radius 2 is 1.95 bits per heavy atom. The lowest BCUT2D eigenvalue weighted by Gasteiger charge is -2.15. The minimum atomic E-state index is -3.74. The molecule has 0 aliphatic carbocycles. The van der Waals surface area contributed by atoms with E-state index in [-0.39, 0.29) is 16.5 Å². The van der Waals surface area contributed by atoms with E-state index in [2.05, 4.69) is 15.4 Å². The van der Waals surface area contributed by atoms with Crippen LogP contribution in [0.2, 0.25) is 0 Å². The molecule has 3 N–H and O–H groups in total. The second-order valence-electron chi connectivity index (χ2n) is 3.76. The molecule has 0 bridgehead atoms. The first-order chi connectivity index (χ1) is 8.89. The molecule has 1 heterocycles. The first kappa shape index (κ1) is 13.2. The Morgan fingerprint density at radius 1 is 1.32 bits per heavy atom. The zero-order valence-corrected chi connectivity index (χ0v) is 10.8. The van der Waals surface area contributed by atoms with Crippen molar-refractivity contribution in [3.8, 4) is 0 Å². The van der Waals surface area contributed by atoms with Crippen molar-refractivity contribution in [1.82, 2.24) is 15.4 Å². The maximum atomic E-state index is 11.9. The fraction of sp³-hybridized carbons (Fsp3) is 0.100. The minimum absolute atomic E-state index is 0.0152. The molecule has 0 saturated carbocycles. The van der Waals surface area contributed by atoms with Gasteiger partial charge in [-0.05, 0) is 24.3 Å². The molecule has 9 heteroatoms. The van der Waals surface area contributed by atoms with Gasteiger partial charge in [-0.3, -0.25) is 4.79 Å². The average molecular weight is 281 g/mol. The minimum Gasteiger partial charge on any atom is -0.310 e. The smallest absolute Gasteiger partial charge is 0.280 e. The highest BCUT2D eigenvalue weighted by atomic mass is 32.2. The van der Waals surface area contributed by atoms with Crippen LogP contribution in [-0.4, -0.2) is 36.8 Å². The molecule has 0 saturated heterocycles. The summed E-state index contributed by atoms with van der Waals surface area (Å²) in [5.41, 5.74) is 0.679. The number of anilines is 1. The predicted octanol–water partition coefficient (Wildman–Crippen LogP) is -0.271. The summed E-state index contributed by atoms with van der Waals surface area (Å²) in [6.07, 6.45) is 1.30. The van der Waals surface area contributed by atoms with Crippen LogP contribution < -0.4 is 10.0 Å². The summed E-state index contributed by atoms with van der Waals surface area (Å²) in [5, 5.41) is 14.6. The number of sulfonamides is 1. The molecule has 0 fully saturated rings. The Hall–Kier alpha value is -2.26. The first-order valence-corrected chi connectivity index (χ1v) is 6.71. The van der Waals surface area contributed by atoms with Crippen molar-refractivity contribution in [3.05, 3.63) is 36.2 Å². The molecule has 8 nitrogen and oxygen atoms in total. The highest BCUT2D eigenvalue weighted by Gasteiger charge is 2.16. The third-order valence-corrected chi connectivity index (χ3v) is 3.42. The molecule has 1 aromatic heterocycles. The van der Waals surface area contributed by atoms with E-state index in [1.165, 1.54) is 35.4 Å². The van der Waals surface area contributed by atoms with E-state index in [1.807, 2.05) is 0 Å². The maximum absolute atomic E-state index is 11.9. The average Bonchev–Trinajstić information content (AvgIpc) is 2.90. The number of carbonyl (C=O) groups is 1. The molecule has 0 spiro atoms. The lowest BCUT2D eigenvalue weighted by molar-refractivity contribution is 0.0988. The van der Waals surface area contributed by atoms with E-state index < -0.39 is 10.0 Å².